The highest BCUT2D eigenvalue weighted by molar-refractivity contribution is 5.77. The summed E-state index contributed by atoms with van der Waals surface area (Å²) in [6.07, 6.45) is 3.34. The topological polar surface area (TPSA) is 73.6 Å². The number of nitrogens with one attached hydrogen (secondary N) is 1. The first kappa shape index (κ1) is 12.4. The molecule has 1 fully saturated rings. The first-order valence-corrected chi connectivity index (χ1v) is 5.49. The Morgan fingerprint density at radius 2 is 2.47 bits per heavy atom. The van der Waals surface area contributed by atoms with E-state index in [2.05, 4.69) is 5.32 Å². The van der Waals surface area contributed by atoms with Crippen LogP contribution in [0.5, 0.6) is 0 Å². The summed E-state index contributed by atoms with van der Waals surface area (Å²) in [7, 11) is 0. The lowest BCUT2D eigenvalue weighted by atomic mass is 10.2. The molecule has 0 spiro atoms. The number of hydrogen-bond acceptors (Lipinski definition) is 4. The van der Waals surface area contributed by atoms with Gasteiger partial charge in [0.25, 0.3) is 0 Å². The minimum absolute atomic E-state index is 0.0524. The van der Waals surface area contributed by atoms with Gasteiger partial charge in [-0.3, -0.25) is 4.79 Å². The Hall–Kier alpha value is -0.650. The number of carbonyl (C=O) groups excluding carboxylic acids is 1. The second-order valence-corrected chi connectivity index (χ2v) is 3.62. The maximum Gasteiger partial charge on any atom is 0.233 e. The van der Waals surface area contributed by atoms with Crippen LogP contribution in [0.25, 0.3) is 0 Å². The van der Waals surface area contributed by atoms with Crippen LogP contribution in [0.15, 0.2) is 0 Å². The van der Waals surface area contributed by atoms with Crippen LogP contribution in [0.4, 0.5) is 0 Å². The monoisotopic (exact) mass is 216 g/mol. The zero-order chi connectivity index (χ0) is 10.9. The number of ether oxygens (including phenoxy) is 2. The average Bonchev–Trinajstić information content (AvgIpc) is 2.75. The summed E-state index contributed by atoms with van der Waals surface area (Å²) in [5.41, 5.74) is 5.14. The molecule has 1 saturated heterocycles. The van der Waals surface area contributed by atoms with Crippen molar-refractivity contribution in [3.8, 4) is 0 Å². The Labute approximate surface area is 90.3 Å². The molecule has 1 amide bonds. The van der Waals surface area contributed by atoms with Crippen molar-refractivity contribution < 1.29 is 14.3 Å². The van der Waals surface area contributed by atoms with Gasteiger partial charge in [-0.1, -0.05) is 0 Å². The summed E-state index contributed by atoms with van der Waals surface area (Å²) in [4.78, 5) is 10.8. The van der Waals surface area contributed by atoms with E-state index in [1.807, 2.05) is 0 Å². The first-order valence-electron chi connectivity index (χ1n) is 5.49. The summed E-state index contributed by atoms with van der Waals surface area (Å²) in [6, 6.07) is 0. The highest BCUT2D eigenvalue weighted by atomic mass is 16.5. The number of carbonyl (C=O) groups is 1. The molecular weight excluding hydrogens is 196 g/mol. The van der Waals surface area contributed by atoms with Crippen molar-refractivity contribution >= 4 is 5.91 Å². The van der Waals surface area contributed by atoms with Gasteiger partial charge in [-0.25, -0.2) is 0 Å². The number of rotatable bonds is 7. The van der Waals surface area contributed by atoms with Gasteiger partial charge in [0.05, 0.1) is 19.3 Å². The smallest absolute Gasteiger partial charge is 0.233 e. The van der Waals surface area contributed by atoms with Crippen LogP contribution in [0, 0.1) is 0 Å². The molecule has 0 aromatic rings. The van der Waals surface area contributed by atoms with Crippen LogP contribution in [-0.4, -0.2) is 44.9 Å². The van der Waals surface area contributed by atoms with E-state index in [-0.39, 0.29) is 18.6 Å². The molecule has 15 heavy (non-hydrogen) atoms. The van der Waals surface area contributed by atoms with Gasteiger partial charge in [0, 0.05) is 19.8 Å². The van der Waals surface area contributed by atoms with Gasteiger partial charge in [0.2, 0.25) is 5.91 Å². The predicted octanol–water partition coefficient (Wildman–Crippen LogP) is -0.353. The molecule has 1 heterocycles. The molecule has 1 atom stereocenters. The normalized spacial score (nSPS) is 20.5. The van der Waals surface area contributed by atoms with Crippen molar-refractivity contribution in [1.82, 2.24) is 5.32 Å². The van der Waals surface area contributed by atoms with E-state index in [9.17, 15) is 4.79 Å². The molecule has 5 nitrogen and oxygen atoms in total. The molecule has 88 valence electrons. The van der Waals surface area contributed by atoms with Gasteiger partial charge in [-0.05, 0) is 19.3 Å². The van der Waals surface area contributed by atoms with Crippen LogP contribution in [0.2, 0.25) is 0 Å². The highest BCUT2D eigenvalue weighted by Crippen LogP contribution is 2.11. The molecule has 0 radical (unpaired) electrons. The summed E-state index contributed by atoms with van der Waals surface area (Å²) in [5, 5.41) is 2.69. The fourth-order valence-electron chi connectivity index (χ4n) is 1.46. The van der Waals surface area contributed by atoms with E-state index in [4.69, 9.17) is 15.2 Å². The third-order valence-electron chi connectivity index (χ3n) is 2.30. The number of nitrogens with two attached hydrogens (primary N) is 1. The van der Waals surface area contributed by atoms with Crippen molar-refractivity contribution in [2.75, 3.05) is 32.9 Å². The third-order valence-corrected chi connectivity index (χ3v) is 2.30. The van der Waals surface area contributed by atoms with Crippen molar-refractivity contribution in [3.63, 3.8) is 0 Å². The fourth-order valence-corrected chi connectivity index (χ4v) is 1.46. The molecule has 0 bridgehead atoms. The molecule has 1 aliphatic heterocycles. The van der Waals surface area contributed by atoms with Gasteiger partial charge >= 0.3 is 0 Å². The highest BCUT2D eigenvalue weighted by Gasteiger charge is 2.14. The summed E-state index contributed by atoms with van der Waals surface area (Å²) < 4.78 is 10.8. The van der Waals surface area contributed by atoms with Gasteiger partial charge in [0.15, 0.2) is 0 Å². The molecule has 0 saturated carbocycles. The van der Waals surface area contributed by atoms with Crippen LogP contribution in [0.3, 0.4) is 0 Å². The maximum absolute atomic E-state index is 10.8. The number of amides is 1. The van der Waals surface area contributed by atoms with Crippen LogP contribution in [-0.2, 0) is 14.3 Å². The predicted molar refractivity (Wildman–Crippen MR) is 56.5 cm³/mol. The SMILES string of the molecule is NCC(=O)NCCCOCC1CCCO1. The Balaban J connectivity index is 1.82. The van der Waals surface area contributed by atoms with Crippen molar-refractivity contribution in [1.29, 1.82) is 0 Å². The molecular formula is C10H20N2O3. The molecule has 3 N–H and O–H groups in total. The fraction of sp³-hybridized carbons (Fsp3) is 0.900. The maximum atomic E-state index is 10.8. The lowest BCUT2D eigenvalue weighted by Crippen LogP contribution is -2.31. The molecule has 1 unspecified atom stereocenters. The van der Waals surface area contributed by atoms with E-state index >= 15 is 0 Å². The second-order valence-electron chi connectivity index (χ2n) is 3.62. The molecule has 0 aromatic heterocycles. The summed E-state index contributed by atoms with van der Waals surface area (Å²) in [5.74, 6) is -0.117. The minimum atomic E-state index is -0.117. The quantitative estimate of drug-likeness (QED) is 0.570. The van der Waals surface area contributed by atoms with Gasteiger partial charge in [-0.15, -0.1) is 0 Å². The molecule has 1 aliphatic rings. The van der Waals surface area contributed by atoms with Crippen molar-refractivity contribution in [2.24, 2.45) is 5.73 Å². The van der Waals surface area contributed by atoms with Gasteiger partial charge in [0.1, 0.15) is 0 Å². The molecule has 5 heteroatoms. The molecule has 0 aliphatic carbocycles. The Morgan fingerprint density at radius 1 is 1.60 bits per heavy atom. The van der Waals surface area contributed by atoms with E-state index < -0.39 is 0 Å². The van der Waals surface area contributed by atoms with Gasteiger partial charge < -0.3 is 20.5 Å². The van der Waals surface area contributed by atoms with Crippen LogP contribution in [0.1, 0.15) is 19.3 Å². The molecule has 0 aromatic carbocycles. The lowest BCUT2D eigenvalue weighted by Gasteiger charge is -2.10. The van der Waals surface area contributed by atoms with E-state index in [1.54, 1.807) is 0 Å². The lowest BCUT2D eigenvalue weighted by molar-refractivity contribution is -0.119. The largest absolute Gasteiger partial charge is 0.379 e. The average molecular weight is 216 g/mol. The zero-order valence-corrected chi connectivity index (χ0v) is 9.04. The van der Waals surface area contributed by atoms with E-state index in [1.165, 1.54) is 0 Å². The zero-order valence-electron chi connectivity index (χ0n) is 9.04. The summed E-state index contributed by atoms with van der Waals surface area (Å²) >= 11 is 0. The minimum Gasteiger partial charge on any atom is -0.379 e. The van der Waals surface area contributed by atoms with Crippen LogP contribution >= 0.6 is 0 Å². The van der Waals surface area contributed by atoms with Crippen molar-refractivity contribution in [3.05, 3.63) is 0 Å². The van der Waals surface area contributed by atoms with E-state index in [0.717, 1.165) is 25.9 Å². The molecule has 1 rings (SSSR count). The van der Waals surface area contributed by atoms with Crippen molar-refractivity contribution in [2.45, 2.75) is 25.4 Å². The van der Waals surface area contributed by atoms with Crippen LogP contribution < -0.4 is 11.1 Å². The van der Waals surface area contributed by atoms with Gasteiger partial charge in [-0.2, -0.15) is 0 Å². The Morgan fingerprint density at radius 3 is 3.13 bits per heavy atom. The number of hydrogen-bond donors (Lipinski definition) is 2. The summed E-state index contributed by atoms with van der Waals surface area (Å²) in [6.45, 7) is 2.87. The third kappa shape index (κ3) is 5.71. The standard InChI is InChI=1S/C10H20N2O3/c11-7-10(13)12-4-2-5-14-8-9-3-1-6-15-9/h9H,1-8,11H2,(H,12,13). The second kappa shape index (κ2) is 7.62. The Kier molecular flexibility index (Phi) is 6.31. The first-order chi connectivity index (χ1) is 7.33. The van der Waals surface area contributed by atoms with E-state index in [0.29, 0.717) is 19.8 Å². The Bertz CT molecular complexity index is 182.